The number of ether oxygens (including phenoxy) is 1. The van der Waals surface area contributed by atoms with E-state index in [2.05, 4.69) is 27.1 Å². The minimum Gasteiger partial charge on any atom is -0.495 e. The van der Waals surface area contributed by atoms with Gasteiger partial charge in [-0.05, 0) is 24.3 Å². The Bertz CT molecular complexity index is 1490. The largest absolute Gasteiger partial charge is 0.495 e. The van der Waals surface area contributed by atoms with Gasteiger partial charge in [-0.25, -0.2) is 0 Å². The number of benzene rings is 2. The number of pyridine rings is 1. The molecule has 3 aromatic heterocycles. The highest BCUT2D eigenvalue weighted by molar-refractivity contribution is 7.99. The van der Waals surface area contributed by atoms with E-state index in [1.807, 2.05) is 47.0 Å². The second-order valence-electron chi connectivity index (χ2n) is 7.43. The zero-order chi connectivity index (χ0) is 23.5. The lowest BCUT2D eigenvalue weighted by Crippen LogP contribution is -2.15. The van der Waals surface area contributed by atoms with Crippen LogP contribution in [-0.2, 0) is 11.3 Å². The maximum Gasteiger partial charge on any atom is 0.234 e. The summed E-state index contributed by atoms with van der Waals surface area (Å²) in [6, 6.07) is 15.2. The molecule has 1 N–H and O–H groups in total. The van der Waals surface area contributed by atoms with E-state index in [-0.39, 0.29) is 11.7 Å². The molecule has 1 amide bonds. The summed E-state index contributed by atoms with van der Waals surface area (Å²) in [4.78, 5) is 16.9. The predicted molar refractivity (Wildman–Crippen MR) is 133 cm³/mol. The van der Waals surface area contributed by atoms with Gasteiger partial charge in [0.15, 0.2) is 11.0 Å². The van der Waals surface area contributed by atoms with Crippen molar-refractivity contribution in [2.45, 2.75) is 11.7 Å². The van der Waals surface area contributed by atoms with Crippen LogP contribution >= 0.6 is 11.8 Å². The number of methoxy groups -OCH3 is 1. The van der Waals surface area contributed by atoms with Gasteiger partial charge in [0.25, 0.3) is 0 Å². The van der Waals surface area contributed by atoms with Crippen LogP contribution < -0.4 is 10.1 Å². The predicted octanol–water partition coefficient (Wildman–Crippen LogP) is 5.16. The number of para-hydroxylation sites is 1. The van der Waals surface area contributed by atoms with Gasteiger partial charge < -0.3 is 14.5 Å². The van der Waals surface area contributed by atoms with E-state index in [1.165, 1.54) is 11.8 Å². The molecule has 0 unspecified atom stereocenters. The third kappa shape index (κ3) is 4.13. The molecule has 0 atom stereocenters. The fourth-order valence-electron chi connectivity index (χ4n) is 3.73. The number of hydrogen-bond donors (Lipinski definition) is 1. The fourth-order valence-corrected chi connectivity index (χ4v) is 4.48. The smallest absolute Gasteiger partial charge is 0.234 e. The van der Waals surface area contributed by atoms with Crippen molar-refractivity contribution < 1.29 is 13.9 Å². The van der Waals surface area contributed by atoms with Crippen LogP contribution in [0.25, 0.3) is 33.3 Å². The lowest BCUT2D eigenvalue weighted by Gasteiger charge is -2.11. The van der Waals surface area contributed by atoms with Crippen molar-refractivity contribution >= 4 is 45.3 Å². The monoisotopic (exact) mass is 471 g/mol. The number of nitrogens with one attached hydrogen (secondary N) is 1. The Balaban J connectivity index is 1.35. The summed E-state index contributed by atoms with van der Waals surface area (Å²) in [7, 11) is 1.57. The third-order valence-corrected chi connectivity index (χ3v) is 6.22. The normalized spacial score (nSPS) is 11.1. The van der Waals surface area contributed by atoms with Crippen LogP contribution in [0.4, 0.5) is 5.69 Å². The summed E-state index contributed by atoms with van der Waals surface area (Å²) in [6.07, 6.45) is 5.20. The Kier molecular flexibility index (Phi) is 6.01. The van der Waals surface area contributed by atoms with Gasteiger partial charge in [-0.1, -0.05) is 36.0 Å². The molecule has 0 radical (unpaired) electrons. The van der Waals surface area contributed by atoms with Gasteiger partial charge in [-0.3, -0.25) is 14.3 Å². The molecule has 5 rings (SSSR count). The van der Waals surface area contributed by atoms with E-state index in [9.17, 15) is 4.79 Å². The zero-order valence-corrected chi connectivity index (χ0v) is 19.2. The number of fused-ring (bicyclic) bond motifs is 3. The van der Waals surface area contributed by atoms with E-state index in [1.54, 1.807) is 31.6 Å². The lowest BCUT2D eigenvalue weighted by atomic mass is 10.1. The van der Waals surface area contributed by atoms with Crippen molar-refractivity contribution in [1.29, 1.82) is 0 Å². The Morgan fingerprint density at radius 1 is 1.18 bits per heavy atom. The maximum absolute atomic E-state index is 12.8. The second kappa shape index (κ2) is 9.40. The van der Waals surface area contributed by atoms with Crippen LogP contribution in [0.3, 0.4) is 0 Å². The van der Waals surface area contributed by atoms with Gasteiger partial charge in [-0.2, -0.15) is 0 Å². The number of thioether (sulfide) groups is 1. The molecule has 0 saturated carbocycles. The molecule has 0 aliphatic carbocycles. The molecule has 9 heteroatoms. The van der Waals surface area contributed by atoms with Gasteiger partial charge >= 0.3 is 0 Å². The van der Waals surface area contributed by atoms with Crippen LogP contribution in [0, 0.1) is 0 Å². The molecule has 0 fully saturated rings. The Morgan fingerprint density at radius 2 is 2.06 bits per heavy atom. The topological polar surface area (TPSA) is 95.1 Å². The maximum atomic E-state index is 12.8. The minimum atomic E-state index is -0.199. The van der Waals surface area contributed by atoms with Crippen molar-refractivity contribution in [3.05, 3.63) is 73.6 Å². The highest BCUT2D eigenvalue weighted by Crippen LogP contribution is 2.36. The molecule has 0 spiro atoms. The number of anilines is 1. The quantitative estimate of drug-likeness (QED) is 0.247. The molecule has 5 aromatic rings. The van der Waals surface area contributed by atoms with Crippen LogP contribution in [0.15, 0.2) is 83.2 Å². The summed E-state index contributed by atoms with van der Waals surface area (Å²) in [5.74, 6) is 1.18. The first-order valence-electron chi connectivity index (χ1n) is 10.5. The molecule has 170 valence electrons. The average Bonchev–Trinajstić information content (AvgIpc) is 3.43. The van der Waals surface area contributed by atoms with Crippen molar-refractivity contribution in [2.75, 3.05) is 18.2 Å². The minimum absolute atomic E-state index is 0.142. The number of furan rings is 1. The molecule has 0 saturated heterocycles. The SMILES string of the molecule is C=CCn1c(SCC(=O)Nc2cc3oc4ccccc4c3cc2OC)nnc1-c1cccnc1. The highest BCUT2D eigenvalue weighted by Gasteiger charge is 2.17. The Labute approximate surface area is 199 Å². The average molecular weight is 472 g/mol. The van der Waals surface area contributed by atoms with Crippen LogP contribution in [0.2, 0.25) is 0 Å². The first-order valence-corrected chi connectivity index (χ1v) is 11.5. The Hall–Kier alpha value is -4.11. The van der Waals surface area contributed by atoms with Crippen LogP contribution in [0.1, 0.15) is 0 Å². The van der Waals surface area contributed by atoms with Gasteiger partial charge in [0, 0.05) is 41.3 Å². The van der Waals surface area contributed by atoms with Crippen molar-refractivity contribution in [3.8, 4) is 17.1 Å². The van der Waals surface area contributed by atoms with Crippen molar-refractivity contribution in [3.63, 3.8) is 0 Å². The van der Waals surface area contributed by atoms with E-state index in [4.69, 9.17) is 9.15 Å². The number of amides is 1. The van der Waals surface area contributed by atoms with E-state index < -0.39 is 0 Å². The number of carbonyl (C=O) groups excluding carboxylic acids is 1. The molecule has 0 aliphatic heterocycles. The first kappa shape index (κ1) is 21.7. The van der Waals surface area contributed by atoms with Gasteiger partial charge in [0.05, 0.1) is 18.6 Å². The number of allylic oxidation sites excluding steroid dienone is 1. The zero-order valence-electron chi connectivity index (χ0n) is 18.4. The lowest BCUT2D eigenvalue weighted by molar-refractivity contribution is -0.113. The number of aromatic nitrogens is 4. The molecular weight excluding hydrogens is 450 g/mol. The van der Waals surface area contributed by atoms with Crippen molar-refractivity contribution in [1.82, 2.24) is 19.7 Å². The van der Waals surface area contributed by atoms with E-state index in [0.29, 0.717) is 34.5 Å². The summed E-state index contributed by atoms with van der Waals surface area (Å²) in [5, 5.41) is 14.0. The summed E-state index contributed by atoms with van der Waals surface area (Å²) in [6.45, 7) is 4.33. The number of hydrogen-bond acceptors (Lipinski definition) is 7. The van der Waals surface area contributed by atoms with Crippen LogP contribution in [-0.4, -0.2) is 38.5 Å². The molecule has 3 heterocycles. The number of rotatable bonds is 8. The van der Waals surface area contributed by atoms with Crippen molar-refractivity contribution in [2.24, 2.45) is 0 Å². The molecule has 34 heavy (non-hydrogen) atoms. The molecule has 8 nitrogen and oxygen atoms in total. The van der Waals surface area contributed by atoms with Crippen LogP contribution in [0.5, 0.6) is 5.75 Å². The number of carbonyl (C=O) groups is 1. The Morgan fingerprint density at radius 3 is 2.85 bits per heavy atom. The fraction of sp³-hybridized carbons (Fsp3) is 0.120. The third-order valence-electron chi connectivity index (χ3n) is 5.25. The molecule has 0 bridgehead atoms. The summed E-state index contributed by atoms with van der Waals surface area (Å²) >= 11 is 1.30. The molecular formula is C25H21N5O3S. The summed E-state index contributed by atoms with van der Waals surface area (Å²) < 4.78 is 13.4. The molecule has 0 aliphatic rings. The van der Waals surface area contributed by atoms with E-state index in [0.717, 1.165) is 21.9 Å². The first-order chi connectivity index (χ1) is 16.7. The highest BCUT2D eigenvalue weighted by atomic mass is 32.2. The van der Waals surface area contributed by atoms with Gasteiger partial charge in [0.2, 0.25) is 5.91 Å². The van der Waals surface area contributed by atoms with Gasteiger partial charge in [0.1, 0.15) is 16.9 Å². The van der Waals surface area contributed by atoms with Gasteiger partial charge in [-0.15, -0.1) is 16.8 Å². The second-order valence-corrected chi connectivity index (χ2v) is 8.37. The number of nitrogens with zero attached hydrogens (tertiary/aromatic N) is 4. The molecule has 2 aromatic carbocycles. The standard InChI is InChI=1S/C25H21N5O3S/c1-3-11-30-24(16-7-6-10-26-14-16)28-29-25(30)34-15-23(31)27-19-13-21-18(12-22(19)32-2)17-8-4-5-9-20(17)33-21/h3-10,12-14H,1,11,15H2,2H3,(H,27,31). The van der Waals surface area contributed by atoms with E-state index >= 15 is 0 Å². The summed E-state index contributed by atoms with van der Waals surface area (Å²) in [5.41, 5.74) is 2.85.